The second kappa shape index (κ2) is 14.4. The Balaban J connectivity index is 1.87. The lowest BCUT2D eigenvalue weighted by Crippen LogP contribution is -2.24. The number of hydrogen-bond acceptors (Lipinski definition) is 14. The maximum absolute atomic E-state index is 12.4. The first-order valence-corrected chi connectivity index (χ1v) is 17.3. The number of nitriles is 1. The van der Waals surface area contributed by atoms with Crippen LogP contribution in [0.5, 0.6) is 0 Å². The number of nitrogens with one attached hydrogen (secondary N) is 2. The van der Waals surface area contributed by atoms with E-state index < -0.39 is 24.9 Å². The van der Waals surface area contributed by atoms with Gasteiger partial charge in [0, 0.05) is 33.8 Å². The molecule has 3 aromatic rings. The third kappa shape index (κ3) is 7.90. The summed E-state index contributed by atoms with van der Waals surface area (Å²) in [6.07, 6.45) is 5.01. The number of rotatable bonds is 13. The molecule has 234 valence electrons. The van der Waals surface area contributed by atoms with Gasteiger partial charge in [0.25, 0.3) is 10.1 Å². The van der Waals surface area contributed by atoms with Crippen molar-refractivity contribution in [2.45, 2.75) is 54.9 Å². The Morgan fingerprint density at radius 1 is 1.14 bits per heavy atom. The molecule has 1 aromatic heterocycles. The third-order valence-electron chi connectivity index (χ3n) is 7.03. The average Bonchev–Trinajstić information content (AvgIpc) is 3.00. The Kier molecular flexibility index (Phi) is 10.9. The van der Waals surface area contributed by atoms with Crippen molar-refractivity contribution in [1.82, 2.24) is 4.98 Å². The first-order chi connectivity index (χ1) is 21.0. The van der Waals surface area contributed by atoms with Crippen molar-refractivity contribution >= 4 is 65.8 Å². The van der Waals surface area contributed by atoms with Crippen LogP contribution in [0.15, 0.2) is 62.3 Å². The maximum Gasteiger partial charge on any atom is 0.296 e. The standard InChI is InChI=1S/C27H30N6O8S3/c1-3-43(35,36)14-13-29-27-24(17(2)21(16-28)26(31-27)30-18-9-5-4-6-10-18)32-33-25-20-12-8-7-11-19(20)22(42-41-40-34)15-23(25)44(37,38)39/h3,7-8,11-12,15,18,34H,1,4-6,9-10,13-14H2,2H3,(H2,29,30,31)(H,37,38,39). The molecule has 44 heavy (non-hydrogen) atoms. The number of aromatic nitrogens is 1. The molecule has 1 heterocycles. The summed E-state index contributed by atoms with van der Waals surface area (Å²) in [4.78, 5) is 4.16. The van der Waals surface area contributed by atoms with Gasteiger partial charge in [0.1, 0.15) is 28.2 Å². The highest BCUT2D eigenvalue weighted by molar-refractivity contribution is 7.95. The molecule has 1 aliphatic carbocycles. The monoisotopic (exact) mass is 662 g/mol. The number of azo groups is 1. The molecule has 0 bridgehead atoms. The molecule has 0 atom stereocenters. The van der Waals surface area contributed by atoms with E-state index in [1.165, 1.54) is 0 Å². The van der Waals surface area contributed by atoms with E-state index in [0.29, 0.717) is 28.8 Å². The minimum Gasteiger partial charge on any atom is -0.367 e. The molecule has 0 saturated heterocycles. The fraction of sp³-hybridized carbons (Fsp3) is 0.333. The summed E-state index contributed by atoms with van der Waals surface area (Å²) >= 11 is 0.503. The van der Waals surface area contributed by atoms with E-state index in [0.717, 1.165) is 43.6 Å². The Hall–Kier alpha value is -3.63. The normalized spacial score (nSPS) is 14.5. The number of fused-ring (bicyclic) bond motifs is 1. The topological polar surface area (TPSA) is 213 Å². The van der Waals surface area contributed by atoms with Gasteiger partial charge in [-0.25, -0.2) is 18.7 Å². The lowest BCUT2D eigenvalue weighted by atomic mass is 9.95. The Morgan fingerprint density at radius 2 is 1.82 bits per heavy atom. The molecule has 17 heteroatoms. The molecule has 0 spiro atoms. The van der Waals surface area contributed by atoms with Gasteiger partial charge in [0.15, 0.2) is 15.7 Å². The molecule has 1 aliphatic rings. The van der Waals surface area contributed by atoms with Crippen LogP contribution in [-0.2, 0) is 29.3 Å². The molecule has 0 radical (unpaired) electrons. The molecular formula is C27H30N6O8S3. The zero-order valence-electron chi connectivity index (χ0n) is 23.6. The van der Waals surface area contributed by atoms with E-state index >= 15 is 0 Å². The maximum atomic E-state index is 12.4. The number of benzene rings is 2. The van der Waals surface area contributed by atoms with Crippen molar-refractivity contribution in [3.8, 4) is 6.07 Å². The van der Waals surface area contributed by atoms with Gasteiger partial charge in [-0.1, -0.05) is 55.1 Å². The summed E-state index contributed by atoms with van der Waals surface area (Å²) in [5.74, 6) is 0.123. The van der Waals surface area contributed by atoms with Gasteiger partial charge in [0.05, 0.1) is 23.4 Å². The van der Waals surface area contributed by atoms with E-state index in [4.69, 9.17) is 5.26 Å². The second-order valence-electron chi connectivity index (χ2n) is 9.88. The minimum absolute atomic E-state index is 0.0626. The Labute approximate surface area is 258 Å². The summed E-state index contributed by atoms with van der Waals surface area (Å²) in [5, 5.41) is 38.7. The number of hydrogen-bond donors (Lipinski definition) is 4. The summed E-state index contributed by atoms with van der Waals surface area (Å²) in [7, 11) is -8.41. The Morgan fingerprint density at radius 3 is 2.45 bits per heavy atom. The highest BCUT2D eigenvalue weighted by Gasteiger charge is 2.24. The summed E-state index contributed by atoms with van der Waals surface area (Å²) in [5.41, 5.74) is 0.394. The molecule has 1 saturated carbocycles. The van der Waals surface area contributed by atoms with Gasteiger partial charge >= 0.3 is 0 Å². The molecule has 0 aliphatic heterocycles. The fourth-order valence-corrected chi connectivity index (χ4v) is 6.67. The van der Waals surface area contributed by atoms with Crippen LogP contribution in [0.25, 0.3) is 10.8 Å². The minimum atomic E-state index is -4.86. The van der Waals surface area contributed by atoms with Crippen LogP contribution in [0, 0.1) is 18.3 Å². The number of pyridine rings is 1. The van der Waals surface area contributed by atoms with Crippen LogP contribution < -0.4 is 10.6 Å². The van der Waals surface area contributed by atoms with Crippen molar-refractivity contribution in [2.75, 3.05) is 22.9 Å². The van der Waals surface area contributed by atoms with E-state index in [-0.39, 0.29) is 51.4 Å². The lowest BCUT2D eigenvalue weighted by Gasteiger charge is -2.25. The Bertz CT molecular complexity index is 1840. The van der Waals surface area contributed by atoms with Crippen LogP contribution in [0.3, 0.4) is 0 Å². The largest absolute Gasteiger partial charge is 0.367 e. The zero-order valence-corrected chi connectivity index (χ0v) is 26.0. The quantitative estimate of drug-likeness (QED) is 0.0527. The first-order valence-electron chi connectivity index (χ1n) is 13.4. The van der Waals surface area contributed by atoms with Crippen LogP contribution >= 0.6 is 12.0 Å². The van der Waals surface area contributed by atoms with E-state index in [9.17, 15) is 26.7 Å². The van der Waals surface area contributed by atoms with Crippen molar-refractivity contribution in [1.29, 1.82) is 5.26 Å². The van der Waals surface area contributed by atoms with Crippen molar-refractivity contribution in [2.24, 2.45) is 10.2 Å². The predicted molar refractivity (Wildman–Crippen MR) is 165 cm³/mol. The molecule has 4 rings (SSSR count). The van der Waals surface area contributed by atoms with Crippen molar-refractivity contribution in [3.63, 3.8) is 0 Å². The predicted octanol–water partition coefficient (Wildman–Crippen LogP) is 6.22. The summed E-state index contributed by atoms with van der Waals surface area (Å²) in [6.45, 7) is 4.87. The van der Waals surface area contributed by atoms with Crippen LogP contribution in [0.2, 0.25) is 0 Å². The molecule has 1 fully saturated rings. The molecule has 4 N–H and O–H groups in total. The average molecular weight is 663 g/mol. The number of sulfone groups is 1. The van der Waals surface area contributed by atoms with Gasteiger partial charge in [0.2, 0.25) is 0 Å². The van der Waals surface area contributed by atoms with Gasteiger partial charge in [-0.15, -0.1) is 14.6 Å². The molecule has 0 unspecified atom stereocenters. The molecular weight excluding hydrogens is 633 g/mol. The van der Waals surface area contributed by atoms with E-state index in [1.807, 2.05) is 0 Å². The lowest BCUT2D eigenvalue weighted by molar-refractivity contribution is -0.432. The van der Waals surface area contributed by atoms with E-state index in [2.05, 4.69) is 47.9 Å². The van der Waals surface area contributed by atoms with E-state index in [1.54, 1.807) is 31.2 Å². The van der Waals surface area contributed by atoms with Gasteiger partial charge in [-0.05, 0) is 31.2 Å². The van der Waals surface area contributed by atoms with Gasteiger partial charge < -0.3 is 10.6 Å². The first kappa shape index (κ1) is 33.3. The van der Waals surface area contributed by atoms with Gasteiger partial charge in [-0.3, -0.25) is 4.55 Å². The molecule has 2 aromatic carbocycles. The third-order valence-corrected chi connectivity index (χ3v) is 9.83. The molecule has 0 amide bonds. The molecule has 14 nitrogen and oxygen atoms in total. The van der Waals surface area contributed by atoms with Crippen LogP contribution in [-0.4, -0.2) is 50.0 Å². The second-order valence-corrected chi connectivity index (χ2v) is 14.1. The SMILES string of the molecule is C=CS(=O)(=O)CCNc1nc(NC2CCCCC2)c(C#N)c(C)c1N=Nc1c(S(=O)(=O)O)cc(SOOO)c2ccccc12. The highest BCUT2D eigenvalue weighted by atomic mass is 32.2. The zero-order chi connectivity index (χ0) is 31.9. The highest BCUT2D eigenvalue weighted by Crippen LogP contribution is 2.42. The summed E-state index contributed by atoms with van der Waals surface area (Å²) in [6, 6.07) is 9.80. The van der Waals surface area contributed by atoms with Crippen molar-refractivity contribution in [3.05, 3.63) is 53.4 Å². The summed E-state index contributed by atoms with van der Waals surface area (Å²) < 4.78 is 63.6. The van der Waals surface area contributed by atoms with Gasteiger partial charge in [-0.2, -0.15) is 13.7 Å². The fourth-order valence-electron chi connectivity index (χ4n) is 4.84. The van der Waals surface area contributed by atoms with Crippen LogP contribution in [0.1, 0.15) is 43.2 Å². The van der Waals surface area contributed by atoms with Crippen LogP contribution in [0.4, 0.5) is 23.0 Å². The number of nitrogens with zero attached hydrogens (tertiary/aromatic N) is 4. The van der Waals surface area contributed by atoms with Crippen molar-refractivity contribution < 1.29 is 36.0 Å². The smallest absolute Gasteiger partial charge is 0.296 e. The number of anilines is 2.